The first kappa shape index (κ1) is 13.8. The van der Waals surface area contributed by atoms with Gasteiger partial charge in [0.05, 0.1) is 11.7 Å². The van der Waals surface area contributed by atoms with Crippen LogP contribution >= 0.6 is 0 Å². The lowest BCUT2D eigenvalue weighted by Crippen LogP contribution is -2.30. The molecule has 2 fully saturated rings. The van der Waals surface area contributed by atoms with Crippen LogP contribution in [0.2, 0.25) is 0 Å². The third-order valence-electron chi connectivity index (χ3n) is 4.75. The molecule has 0 spiro atoms. The van der Waals surface area contributed by atoms with Crippen LogP contribution in [0.5, 0.6) is 0 Å². The molecule has 1 saturated heterocycles. The van der Waals surface area contributed by atoms with Gasteiger partial charge in [-0.3, -0.25) is 14.4 Å². The molecule has 110 valence electrons. The van der Waals surface area contributed by atoms with Crippen molar-refractivity contribution in [2.75, 3.05) is 6.54 Å². The zero-order chi connectivity index (χ0) is 13.9. The van der Waals surface area contributed by atoms with E-state index in [2.05, 4.69) is 21.8 Å². The van der Waals surface area contributed by atoms with Crippen molar-refractivity contribution < 1.29 is 4.79 Å². The van der Waals surface area contributed by atoms with E-state index < -0.39 is 0 Å². The van der Waals surface area contributed by atoms with Crippen LogP contribution in [0.1, 0.15) is 63.6 Å². The quantitative estimate of drug-likeness (QED) is 0.829. The first-order valence-electron chi connectivity index (χ1n) is 8.00. The van der Waals surface area contributed by atoms with E-state index in [1.807, 2.05) is 0 Å². The maximum absolute atomic E-state index is 11.3. The summed E-state index contributed by atoms with van der Waals surface area (Å²) in [7, 11) is 0. The van der Waals surface area contributed by atoms with Crippen molar-refractivity contribution in [1.29, 1.82) is 0 Å². The summed E-state index contributed by atoms with van der Waals surface area (Å²) in [6, 6.07) is 3.21. The summed E-state index contributed by atoms with van der Waals surface area (Å²) in [4.78, 5) is 13.8. The first-order valence-corrected chi connectivity index (χ1v) is 8.00. The summed E-state index contributed by atoms with van der Waals surface area (Å²) < 4.78 is 2.17. The van der Waals surface area contributed by atoms with Gasteiger partial charge in [-0.25, -0.2) is 0 Å². The summed E-state index contributed by atoms with van der Waals surface area (Å²) >= 11 is 0. The van der Waals surface area contributed by atoms with Gasteiger partial charge < -0.3 is 0 Å². The third-order valence-corrected chi connectivity index (χ3v) is 4.75. The standard InChI is InChI=1S/C16H25N3O/c1-13(20)11-16-7-4-9-18(16)12-14-8-10-19(17-14)15-5-2-3-6-15/h8,10,15-16H,2-7,9,11-12H2,1H3. The summed E-state index contributed by atoms with van der Waals surface area (Å²) in [5.74, 6) is 0.304. The minimum atomic E-state index is 0.304. The Bertz CT molecular complexity index is 462. The van der Waals surface area contributed by atoms with Crippen LogP contribution in [-0.2, 0) is 11.3 Å². The highest BCUT2D eigenvalue weighted by Gasteiger charge is 2.26. The number of Topliss-reactive ketones (excluding diaryl/α,β-unsaturated/α-hetero) is 1. The fourth-order valence-corrected chi connectivity index (χ4v) is 3.71. The maximum Gasteiger partial charge on any atom is 0.131 e. The van der Waals surface area contributed by atoms with E-state index in [1.54, 1.807) is 6.92 Å². The number of aromatic nitrogens is 2. The third kappa shape index (κ3) is 3.11. The van der Waals surface area contributed by atoms with E-state index in [4.69, 9.17) is 5.10 Å². The van der Waals surface area contributed by atoms with E-state index in [0.717, 1.165) is 25.2 Å². The molecule has 20 heavy (non-hydrogen) atoms. The highest BCUT2D eigenvalue weighted by Crippen LogP contribution is 2.29. The molecule has 0 amide bonds. The Balaban J connectivity index is 1.60. The number of carbonyl (C=O) groups excluding carboxylic acids is 1. The molecule has 2 aliphatic rings. The minimum Gasteiger partial charge on any atom is -0.300 e. The summed E-state index contributed by atoms with van der Waals surface area (Å²) in [6.45, 7) is 3.71. The second-order valence-corrected chi connectivity index (χ2v) is 6.40. The van der Waals surface area contributed by atoms with Crippen LogP contribution in [0.15, 0.2) is 12.3 Å². The van der Waals surface area contributed by atoms with Gasteiger partial charge in [-0.15, -0.1) is 0 Å². The number of ketones is 1. The van der Waals surface area contributed by atoms with Gasteiger partial charge in [0.2, 0.25) is 0 Å². The van der Waals surface area contributed by atoms with E-state index in [1.165, 1.54) is 32.1 Å². The molecule has 0 bridgehead atoms. The molecule has 0 aromatic carbocycles. The Kier molecular flexibility index (Phi) is 4.20. The van der Waals surface area contributed by atoms with E-state index in [0.29, 0.717) is 24.3 Å². The molecule has 0 N–H and O–H groups in total. The van der Waals surface area contributed by atoms with E-state index in [-0.39, 0.29) is 0 Å². The average Bonchev–Trinajstić information content (AvgIpc) is 3.11. The van der Waals surface area contributed by atoms with Gasteiger partial charge in [-0.2, -0.15) is 5.10 Å². The van der Waals surface area contributed by atoms with Gasteiger partial charge in [-0.05, 0) is 45.2 Å². The van der Waals surface area contributed by atoms with Crippen LogP contribution in [-0.4, -0.2) is 33.1 Å². The number of likely N-dealkylation sites (tertiary alicyclic amines) is 1. The largest absolute Gasteiger partial charge is 0.300 e. The Morgan fingerprint density at radius 2 is 2.10 bits per heavy atom. The molecule has 4 heteroatoms. The van der Waals surface area contributed by atoms with Gasteiger partial charge in [0.25, 0.3) is 0 Å². The second-order valence-electron chi connectivity index (χ2n) is 6.40. The molecule has 1 unspecified atom stereocenters. The van der Waals surface area contributed by atoms with Crippen LogP contribution in [0.4, 0.5) is 0 Å². The van der Waals surface area contributed by atoms with Gasteiger partial charge in [-0.1, -0.05) is 12.8 Å². The zero-order valence-electron chi connectivity index (χ0n) is 12.4. The summed E-state index contributed by atoms with van der Waals surface area (Å²) in [5, 5.41) is 4.76. The monoisotopic (exact) mass is 275 g/mol. The van der Waals surface area contributed by atoms with E-state index in [9.17, 15) is 4.79 Å². The smallest absolute Gasteiger partial charge is 0.131 e. The van der Waals surface area contributed by atoms with Crippen molar-refractivity contribution in [2.45, 2.75) is 70.5 Å². The molecular formula is C16H25N3O. The maximum atomic E-state index is 11.3. The van der Waals surface area contributed by atoms with Crippen LogP contribution in [0.3, 0.4) is 0 Å². The fourth-order valence-electron chi connectivity index (χ4n) is 3.71. The second kappa shape index (κ2) is 6.08. The molecular weight excluding hydrogens is 250 g/mol. The minimum absolute atomic E-state index is 0.304. The van der Waals surface area contributed by atoms with Crippen LogP contribution in [0, 0.1) is 0 Å². The molecule has 1 aromatic heterocycles. The first-order chi connectivity index (χ1) is 9.72. The molecule has 0 radical (unpaired) electrons. The van der Waals surface area contributed by atoms with Crippen molar-refractivity contribution >= 4 is 5.78 Å². The van der Waals surface area contributed by atoms with Gasteiger partial charge in [0, 0.05) is 25.2 Å². The lowest BCUT2D eigenvalue weighted by Gasteiger charge is -2.22. The van der Waals surface area contributed by atoms with Crippen molar-refractivity contribution in [3.05, 3.63) is 18.0 Å². The van der Waals surface area contributed by atoms with Gasteiger partial charge in [0.15, 0.2) is 0 Å². The van der Waals surface area contributed by atoms with E-state index >= 15 is 0 Å². The molecule has 1 atom stereocenters. The van der Waals surface area contributed by atoms with Crippen LogP contribution in [0.25, 0.3) is 0 Å². The van der Waals surface area contributed by atoms with Gasteiger partial charge >= 0.3 is 0 Å². The Morgan fingerprint density at radius 1 is 1.30 bits per heavy atom. The SMILES string of the molecule is CC(=O)CC1CCCN1Cc1ccn(C2CCCC2)n1. The predicted octanol–water partition coefficient (Wildman–Crippen LogP) is 2.94. The Morgan fingerprint density at radius 3 is 2.85 bits per heavy atom. The molecule has 1 saturated carbocycles. The number of hydrogen-bond donors (Lipinski definition) is 0. The molecule has 1 aromatic rings. The average molecular weight is 275 g/mol. The molecule has 4 nitrogen and oxygen atoms in total. The van der Waals surface area contributed by atoms with Crippen molar-refractivity contribution in [3.8, 4) is 0 Å². The number of nitrogens with zero attached hydrogens (tertiary/aromatic N) is 3. The topological polar surface area (TPSA) is 38.1 Å². The normalized spacial score (nSPS) is 24.6. The summed E-state index contributed by atoms with van der Waals surface area (Å²) in [5.41, 5.74) is 1.16. The number of hydrogen-bond acceptors (Lipinski definition) is 3. The highest BCUT2D eigenvalue weighted by molar-refractivity contribution is 5.76. The Hall–Kier alpha value is -1.16. The fraction of sp³-hybridized carbons (Fsp3) is 0.750. The van der Waals surface area contributed by atoms with Crippen molar-refractivity contribution in [1.82, 2.24) is 14.7 Å². The van der Waals surface area contributed by atoms with Crippen molar-refractivity contribution in [3.63, 3.8) is 0 Å². The highest BCUT2D eigenvalue weighted by atomic mass is 16.1. The molecule has 1 aliphatic carbocycles. The number of carbonyl (C=O) groups is 1. The molecule has 2 heterocycles. The number of rotatable bonds is 5. The lowest BCUT2D eigenvalue weighted by atomic mass is 10.1. The lowest BCUT2D eigenvalue weighted by molar-refractivity contribution is -0.118. The Labute approximate surface area is 121 Å². The summed E-state index contributed by atoms with van der Waals surface area (Å²) in [6.07, 6.45) is 10.4. The van der Waals surface area contributed by atoms with Gasteiger partial charge in [0.1, 0.15) is 5.78 Å². The predicted molar refractivity (Wildman–Crippen MR) is 78.5 cm³/mol. The van der Waals surface area contributed by atoms with Crippen molar-refractivity contribution in [2.24, 2.45) is 0 Å². The molecule has 1 aliphatic heterocycles. The molecule has 3 rings (SSSR count). The zero-order valence-corrected chi connectivity index (χ0v) is 12.4. The van der Waals surface area contributed by atoms with Crippen LogP contribution < -0.4 is 0 Å².